The van der Waals surface area contributed by atoms with E-state index < -0.39 is 0 Å². The molecule has 0 amide bonds. The number of halogens is 2. The summed E-state index contributed by atoms with van der Waals surface area (Å²) in [5, 5.41) is 4.19. The second-order valence-electron chi connectivity index (χ2n) is 4.27. The zero-order chi connectivity index (χ0) is 13.8. The van der Waals surface area contributed by atoms with Gasteiger partial charge in [0, 0.05) is 21.1 Å². The molecule has 2 aromatic rings. The molecule has 4 heteroatoms. The van der Waals surface area contributed by atoms with E-state index in [9.17, 15) is 0 Å². The fraction of sp³-hybridized carbons (Fsp3) is 0.200. The lowest BCUT2D eigenvalue weighted by Gasteiger charge is -2.16. The van der Waals surface area contributed by atoms with Crippen molar-refractivity contribution in [3.05, 3.63) is 57.5 Å². The van der Waals surface area contributed by atoms with E-state index in [0.29, 0.717) is 0 Å². The van der Waals surface area contributed by atoms with Gasteiger partial charge in [-0.15, -0.1) is 11.8 Å². The molecule has 1 atom stereocenters. The van der Waals surface area contributed by atoms with E-state index in [1.807, 2.05) is 18.2 Å². The number of hydrogen-bond acceptors (Lipinski definition) is 2. The smallest absolute Gasteiger partial charge is 0.0549 e. The summed E-state index contributed by atoms with van der Waals surface area (Å²) in [4.78, 5) is 1.28. The summed E-state index contributed by atoms with van der Waals surface area (Å²) < 4.78 is 0.907. The Bertz CT molecular complexity index is 557. The van der Waals surface area contributed by atoms with Gasteiger partial charge in [-0.05, 0) is 65.0 Å². The topological polar surface area (TPSA) is 12.0 Å². The van der Waals surface area contributed by atoms with Crippen molar-refractivity contribution in [3.8, 4) is 0 Å². The average molecular weight is 357 g/mol. The highest BCUT2D eigenvalue weighted by Gasteiger charge is 2.06. The minimum absolute atomic E-state index is 0.254. The van der Waals surface area contributed by atoms with Crippen LogP contribution in [0.5, 0.6) is 0 Å². The van der Waals surface area contributed by atoms with Crippen LogP contribution < -0.4 is 5.32 Å². The van der Waals surface area contributed by atoms with Crippen LogP contribution in [0.15, 0.2) is 51.8 Å². The van der Waals surface area contributed by atoms with E-state index in [1.54, 1.807) is 11.8 Å². The second kappa shape index (κ2) is 6.69. The van der Waals surface area contributed by atoms with Crippen molar-refractivity contribution in [1.82, 2.24) is 0 Å². The van der Waals surface area contributed by atoms with E-state index in [-0.39, 0.29) is 6.04 Å². The van der Waals surface area contributed by atoms with Gasteiger partial charge in [0.25, 0.3) is 0 Å². The van der Waals surface area contributed by atoms with Crippen molar-refractivity contribution in [2.45, 2.75) is 17.9 Å². The number of hydrogen-bond donors (Lipinski definition) is 1. The Morgan fingerprint density at radius 2 is 1.84 bits per heavy atom. The first-order chi connectivity index (χ1) is 9.10. The van der Waals surface area contributed by atoms with Gasteiger partial charge in [0.2, 0.25) is 0 Å². The summed E-state index contributed by atoms with van der Waals surface area (Å²) in [5.41, 5.74) is 2.32. The van der Waals surface area contributed by atoms with Gasteiger partial charge in [-0.25, -0.2) is 0 Å². The number of anilines is 1. The van der Waals surface area contributed by atoms with Gasteiger partial charge in [0.1, 0.15) is 0 Å². The SMILES string of the molecule is CSc1ccc(C(C)Nc2ccc(Cl)c(Br)c2)cc1. The van der Waals surface area contributed by atoms with Crippen LogP contribution in [-0.4, -0.2) is 6.26 Å². The van der Waals surface area contributed by atoms with E-state index in [4.69, 9.17) is 11.6 Å². The molecule has 0 saturated heterocycles. The van der Waals surface area contributed by atoms with Gasteiger partial charge >= 0.3 is 0 Å². The molecule has 100 valence electrons. The predicted octanol–water partition coefficient (Wildman–Crippen LogP) is 6.00. The average Bonchev–Trinajstić information content (AvgIpc) is 2.43. The molecule has 0 saturated carbocycles. The highest BCUT2D eigenvalue weighted by atomic mass is 79.9. The Kier molecular flexibility index (Phi) is 5.20. The molecule has 2 rings (SSSR count). The number of benzene rings is 2. The molecule has 0 aliphatic carbocycles. The first-order valence-corrected chi connectivity index (χ1v) is 8.35. The van der Waals surface area contributed by atoms with Crippen molar-refractivity contribution in [2.75, 3.05) is 11.6 Å². The summed E-state index contributed by atoms with van der Waals surface area (Å²) in [6.07, 6.45) is 2.09. The molecular formula is C15H15BrClNS. The quantitative estimate of drug-likeness (QED) is 0.674. The van der Waals surface area contributed by atoms with E-state index in [0.717, 1.165) is 15.2 Å². The van der Waals surface area contributed by atoms with E-state index in [2.05, 4.69) is 58.7 Å². The molecule has 0 aliphatic heterocycles. The van der Waals surface area contributed by atoms with Crippen LogP contribution in [0, 0.1) is 0 Å². The van der Waals surface area contributed by atoms with Crippen LogP contribution in [0.2, 0.25) is 5.02 Å². The summed E-state index contributed by atoms with van der Waals surface area (Å²) >= 11 is 11.2. The normalized spacial score (nSPS) is 12.2. The molecule has 0 aromatic heterocycles. The first kappa shape index (κ1) is 14.8. The molecule has 1 nitrogen and oxygen atoms in total. The van der Waals surface area contributed by atoms with Crippen molar-refractivity contribution in [1.29, 1.82) is 0 Å². The summed E-state index contributed by atoms with van der Waals surface area (Å²) in [5.74, 6) is 0. The fourth-order valence-corrected chi connectivity index (χ4v) is 2.72. The first-order valence-electron chi connectivity index (χ1n) is 5.95. The van der Waals surface area contributed by atoms with Gasteiger partial charge in [0.15, 0.2) is 0 Å². The van der Waals surface area contributed by atoms with Gasteiger partial charge in [-0.2, -0.15) is 0 Å². The van der Waals surface area contributed by atoms with Crippen LogP contribution in [0.4, 0.5) is 5.69 Å². The third-order valence-electron chi connectivity index (χ3n) is 2.92. The van der Waals surface area contributed by atoms with Crippen LogP contribution in [-0.2, 0) is 0 Å². The van der Waals surface area contributed by atoms with Crippen molar-refractivity contribution in [3.63, 3.8) is 0 Å². The maximum absolute atomic E-state index is 5.99. The lowest BCUT2D eigenvalue weighted by Crippen LogP contribution is -2.06. The molecule has 0 aliphatic rings. The van der Waals surface area contributed by atoms with Gasteiger partial charge in [0.05, 0.1) is 5.02 Å². The largest absolute Gasteiger partial charge is 0.378 e. The summed E-state index contributed by atoms with van der Waals surface area (Å²) in [7, 11) is 0. The molecule has 0 spiro atoms. The zero-order valence-electron chi connectivity index (χ0n) is 10.8. The predicted molar refractivity (Wildman–Crippen MR) is 89.4 cm³/mol. The molecule has 0 heterocycles. The maximum atomic E-state index is 5.99. The second-order valence-corrected chi connectivity index (χ2v) is 6.41. The number of thioether (sulfide) groups is 1. The Morgan fingerprint density at radius 3 is 2.42 bits per heavy atom. The Hall–Kier alpha value is -0.640. The minimum Gasteiger partial charge on any atom is -0.378 e. The number of nitrogens with one attached hydrogen (secondary N) is 1. The lowest BCUT2D eigenvalue weighted by atomic mass is 10.1. The van der Waals surface area contributed by atoms with Crippen molar-refractivity contribution >= 4 is 45.0 Å². The van der Waals surface area contributed by atoms with Crippen LogP contribution >= 0.6 is 39.3 Å². The van der Waals surface area contributed by atoms with Gasteiger partial charge in [-0.3, -0.25) is 0 Å². The molecule has 0 fully saturated rings. The third kappa shape index (κ3) is 3.91. The monoisotopic (exact) mass is 355 g/mol. The van der Waals surface area contributed by atoms with Crippen LogP contribution in [0.3, 0.4) is 0 Å². The van der Waals surface area contributed by atoms with Crippen LogP contribution in [0.25, 0.3) is 0 Å². The third-order valence-corrected chi connectivity index (χ3v) is 4.88. The Labute approximate surface area is 131 Å². The van der Waals surface area contributed by atoms with Gasteiger partial charge < -0.3 is 5.32 Å². The van der Waals surface area contributed by atoms with Crippen LogP contribution in [0.1, 0.15) is 18.5 Å². The maximum Gasteiger partial charge on any atom is 0.0549 e. The minimum atomic E-state index is 0.254. The lowest BCUT2D eigenvalue weighted by molar-refractivity contribution is 0.882. The van der Waals surface area contributed by atoms with Gasteiger partial charge in [-0.1, -0.05) is 23.7 Å². The summed E-state index contributed by atoms with van der Waals surface area (Å²) in [6, 6.07) is 14.7. The molecule has 19 heavy (non-hydrogen) atoms. The zero-order valence-corrected chi connectivity index (χ0v) is 13.9. The highest BCUT2D eigenvalue weighted by molar-refractivity contribution is 9.10. The molecule has 0 radical (unpaired) electrons. The van der Waals surface area contributed by atoms with E-state index >= 15 is 0 Å². The standard InChI is InChI=1S/C15H15BrClNS/c1-10(11-3-6-13(19-2)7-4-11)18-12-5-8-15(17)14(16)9-12/h3-10,18H,1-2H3. The Morgan fingerprint density at radius 1 is 1.16 bits per heavy atom. The summed E-state index contributed by atoms with van der Waals surface area (Å²) in [6.45, 7) is 2.15. The number of rotatable bonds is 4. The highest BCUT2D eigenvalue weighted by Crippen LogP contribution is 2.28. The molecule has 1 N–H and O–H groups in total. The molecular weight excluding hydrogens is 342 g/mol. The molecule has 2 aromatic carbocycles. The fourth-order valence-electron chi connectivity index (χ4n) is 1.81. The van der Waals surface area contributed by atoms with E-state index in [1.165, 1.54) is 10.5 Å². The van der Waals surface area contributed by atoms with Crippen molar-refractivity contribution < 1.29 is 0 Å². The van der Waals surface area contributed by atoms with Crippen molar-refractivity contribution in [2.24, 2.45) is 0 Å². The molecule has 1 unspecified atom stereocenters. The molecule has 0 bridgehead atoms. The Balaban J connectivity index is 2.10.